The van der Waals surface area contributed by atoms with E-state index in [4.69, 9.17) is 5.73 Å². The van der Waals surface area contributed by atoms with Crippen LogP contribution in [-0.4, -0.2) is 0 Å². The summed E-state index contributed by atoms with van der Waals surface area (Å²) in [5.74, 6) is -0.337. The summed E-state index contributed by atoms with van der Waals surface area (Å²) in [7, 11) is 0. The van der Waals surface area contributed by atoms with Crippen molar-refractivity contribution in [3.05, 3.63) is 52.3 Å². The molecule has 0 saturated heterocycles. The van der Waals surface area contributed by atoms with Crippen LogP contribution in [0.3, 0.4) is 0 Å². The monoisotopic (exact) mass is 311 g/mol. The third kappa shape index (κ3) is 3.01. The third-order valence-corrected chi connectivity index (χ3v) is 3.99. The maximum Gasteiger partial charge on any atom is 0.139 e. The Hall–Kier alpha value is -1.00. The molecule has 0 atom stereocenters. The molecule has 2 aromatic rings. The molecule has 2 N–H and O–H groups in total. The Bertz CT molecular complexity index is 540. The minimum absolute atomic E-state index is 0.337. The number of nitrogens with two attached hydrogens (primary N) is 1. The highest BCUT2D eigenvalue weighted by Gasteiger charge is 2.07. The van der Waals surface area contributed by atoms with Crippen LogP contribution in [0.1, 0.15) is 5.56 Å². The van der Waals surface area contributed by atoms with Crippen LogP contribution in [0, 0.1) is 12.7 Å². The molecule has 17 heavy (non-hydrogen) atoms. The maximum absolute atomic E-state index is 13.2. The van der Waals surface area contributed by atoms with Gasteiger partial charge in [0.1, 0.15) is 5.82 Å². The van der Waals surface area contributed by atoms with E-state index in [1.54, 1.807) is 6.07 Å². The van der Waals surface area contributed by atoms with Gasteiger partial charge in [-0.2, -0.15) is 0 Å². The van der Waals surface area contributed by atoms with Gasteiger partial charge in [0.15, 0.2) is 0 Å². The highest BCUT2D eigenvalue weighted by molar-refractivity contribution is 9.10. The molecule has 1 nitrogen and oxygen atoms in total. The van der Waals surface area contributed by atoms with Crippen LogP contribution in [0.5, 0.6) is 0 Å². The number of benzene rings is 2. The zero-order chi connectivity index (χ0) is 12.4. The molecule has 2 rings (SSSR count). The fraction of sp³-hybridized carbons (Fsp3) is 0.0769. The van der Waals surface area contributed by atoms with Crippen LogP contribution in [0.4, 0.5) is 10.1 Å². The van der Waals surface area contributed by atoms with Crippen LogP contribution in [0.2, 0.25) is 0 Å². The molecule has 0 spiro atoms. The van der Waals surface area contributed by atoms with Crippen molar-refractivity contribution in [1.29, 1.82) is 0 Å². The molecule has 0 bridgehead atoms. The van der Waals surface area contributed by atoms with Crippen molar-refractivity contribution in [3.8, 4) is 0 Å². The Morgan fingerprint density at radius 1 is 1.18 bits per heavy atom. The van der Waals surface area contributed by atoms with Gasteiger partial charge in [0.2, 0.25) is 0 Å². The summed E-state index contributed by atoms with van der Waals surface area (Å²) >= 11 is 4.69. The van der Waals surface area contributed by atoms with Crippen molar-refractivity contribution in [2.24, 2.45) is 0 Å². The first-order valence-electron chi connectivity index (χ1n) is 5.05. The van der Waals surface area contributed by atoms with Gasteiger partial charge in [0.25, 0.3) is 0 Å². The van der Waals surface area contributed by atoms with E-state index in [9.17, 15) is 4.39 Å². The molecule has 0 fully saturated rings. The average Bonchev–Trinajstić information content (AvgIpc) is 2.29. The number of hydrogen-bond acceptors (Lipinski definition) is 2. The minimum atomic E-state index is -0.337. The first-order chi connectivity index (χ1) is 8.06. The van der Waals surface area contributed by atoms with Crippen molar-refractivity contribution in [2.75, 3.05) is 5.73 Å². The Morgan fingerprint density at radius 3 is 2.47 bits per heavy atom. The van der Waals surface area contributed by atoms with Gasteiger partial charge in [0.05, 0.1) is 4.47 Å². The summed E-state index contributed by atoms with van der Waals surface area (Å²) in [6.07, 6.45) is 0. The molecule has 4 heteroatoms. The number of anilines is 1. The van der Waals surface area contributed by atoms with E-state index in [-0.39, 0.29) is 5.82 Å². The molecule has 0 heterocycles. The molecule has 0 unspecified atom stereocenters. The second-order valence-electron chi connectivity index (χ2n) is 3.72. The molecule has 0 aliphatic carbocycles. The molecule has 0 aliphatic rings. The fourth-order valence-electron chi connectivity index (χ4n) is 1.37. The van der Waals surface area contributed by atoms with Crippen LogP contribution in [0.15, 0.2) is 50.7 Å². The van der Waals surface area contributed by atoms with E-state index in [1.165, 1.54) is 23.4 Å². The second-order valence-corrected chi connectivity index (χ2v) is 5.69. The molecule has 0 aromatic heterocycles. The smallest absolute Gasteiger partial charge is 0.139 e. The van der Waals surface area contributed by atoms with Gasteiger partial charge in [-0.3, -0.25) is 0 Å². The minimum Gasteiger partial charge on any atom is -0.398 e. The summed E-state index contributed by atoms with van der Waals surface area (Å²) in [4.78, 5) is 1.93. The zero-order valence-electron chi connectivity index (χ0n) is 9.21. The fourth-order valence-corrected chi connectivity index (χ4v) is 2.74. The van der Waals surface area contributed by atoms with Crippen molar-refractivity contribution >= 4 is 33.4 Å². The molecule has 0 radical (unpaired) electrons. The number of halogens is 2. The van der Waals surface area contributed by atoms with Gasteiger partial charge >= 0.3 is 0 Å². The number of aryl methyl sites for hydroxylation is 1. The molecule has 0 amide bonds. The van der Waals surface area contributed by atoms with Gasteiger partial charge in [0, 0.05) is 15.5 Å². The lowest BCUT2D eigenvalue weighted by molar-refractivity contribution is 0.620. The zero-order valence-corrected chi connectivity index (χ0v) is 11.6. The van der Waals surface area contributed by atoms with Crippen molar-refractivity contribution in [1.82, 2.24) is 0 Å². The van der Waals surface area contributed by atoms with E-state index in [0.29, 0.717) is 10.2 Å². The summed E-state index contributed by atoms with van der Waals surface area (Å²) in [6, 6.07) is 11.2. The van der Waals surface area contributed by atoms with Crippen LogP contribution >= 0.6 is 27.7 Å². The van der Waals surface area contributed by atoms with Crippen LogP contribution in [-0.2, 0) is 0 Å². The van der Waals surface area contributed by atoms with Crippen molar-refractivity contribution < 1.29 is 4.39 Å². The van der Waals surface area contributed by atoms with E-state index in [2.05, 4.69) is 15.9 Å². The maximum atomic E-state index is 13.2. The largest absolute Gasteiger partial charge is 0.398 e. The van der Waals surface area contributed by atoms with E-state index in [1.807, 2.05) is 31.2 Å². The molecule has 88 valence electrons. The Balaban J connectivity index is 2.30. The summed E-state index contributed by atoms with van der Waals surface area (Å²) < 4.78 is 13.6. The lowest BCUT2D eigenvalue weighted by atomic mass is 10.2. The van der Waals surface area contributed by atoms with Crippen molar-refractivity contribution in [2.45, 2.75) is 16.7 Å². The summed E-state index contributed by atoms with van der Waals surface area (Å²) in [5.41, 5.74) is 7.45. The van der Waals surface area contributed by atoms with Crippen LogP contribution < -0.4 is 5.73 Å². The quantitative estimate of drug-likeness (QED) is 0.818. The predicted octanol–water partition coefficient (Wildman–Crippen LogP) is 4.63. The number of nitrogen functional groups attached to an aromatic ring is 1. The lowest BCUT2D eigenvalue weighted by Crippen LogP contribution is -1.91. The highest BCUT2D eigenvalue weighted by Crippen LogP contribution is 2.35. The van der Waals surface area contributed by atoms with Gasteiger partial charge in [-0.1, -0.05) is 29.5 Å². The number of hydrogen-bond donors (Lipinski definition) is 1. The lowest BCUT2D eigenvalue weighted by Gasteiger charge is -2.07. The topological polar surface area (TPSA) is 26.0 Å². The standard InChI is InChI=1S/C13H11BrFNS/c1-8-2-4-9(5-3-8)17-13-6-10(14)11(15)7-12(13)16/h2-7H,16H2,1H3. The molecule has 2 aromatic carbocycles. The summed E-state index contributed by atoms with van der Waals surface area (Å²) in [6.45, 7) is 2.04. The normalized spacial score (nSPS) is 10.5. The van der Waals surface area contributed by atoms with Crippen molar-refractivity contribution in [3.63, 3.8) is 0 Å². The highest BCUT2D eigenvalue weighted by atomic mass is 79.9. The van der Waals surface area contributed by atoms with E-state index in [0.717, 1.165) is 9.79 Å². The SMILES string of the molecule is Cc1ccc(Sc2cc(Br)c(F)cc2N)cc1. The van der Waals surface area contributed by atoms with Gasteiger partial charge in [-0.25, -0.2) is 4.39 Å². The Labute approximate surface area is 112 Å². The molecular formula is C13H11BrFNS. The van der Waals surface area contributed by atoms with Crippen LogP contribution in [0.25, 0.3) is 0 Å². The Morgan fingerprint density at radius 2 is 1.82 bits per heavy atom. The molecule has 0 aliphatic heterocycles. The van der Waals surface area contributed by atoms with Gasteiger partial charge in [-0.05, 0) is 47.1 Å². The Kier molecular flexibility index (Phi) is 3.74. The number of rotatable bonds is 2. The molecule has 0 saturated carbocycles. The van der Waals surface area contributed by atoms with Gasteiger partial charge < -0.3 is 5.73 Å². The first-order valence-corrected chi connectivity index (χ1v) is 6.66. The summed E-state index contributed by atoms with van der Waals surface area (Å²) in [5, 5.41) is 0. The second kappa shape index (κ2) is 5.10. The van der Waals surface area contributed by atoms with E-state index < -0.39 is 0 Å². The van der Waals surface area contributed by atoms with Gasteiger partial charge in [-0.15, -0.1) is 0 Å². The average molecular weight is 312 g/mol. The molecular weight excluding hydrogens is 301 g/mol. The first kappa shape index (κ1) is 12.5. The van der Waals surface area contributed by atoms with E-state index >= 15 is 0 Å². The predicted molar refractivity (Wildman–Crippen MR) is 73.8 cm³/mol. The third-order valence-electron chi connectivity index (χ3n) is 2.30.